The average molecular weight is 368 g/mol. The maximum atomic E-state index is 12.1. The predicted octanol–water partition coefficient (Wildman–Crippen LogP) is 5.36. The number of rotatable bonds is 6. The number of allylic oxidation sites excluding steroid dienone is 6. The number of hydrogen-bond donors (Lipinski definition) is 2. The Labute approximate surface area is 161 Å². The standard InChI is InChI=1S/C23H28O4/c1-16-6-5-13-23(2,3)20(16)11-10-19(25)15-18(24)9-7-17-8-12-21(26)22(14-17)27-4/h6-12,14-15,20,24,26H,5,13H2,1-4H3/b9-7+,11-10+,18-15-. The highest BCUT2D eigenvalue weighted by Crippen LogP contribution is 2.41. The molecule has 0 spiro atoms. The van der Waals surface area contributed by atoms with E-state index in [-0.39, 0.29) is 28.6 Å². The van der Waals surface area contributed by atoms with E-state index in [0.29, 0.717) is 5.75 Å². The van der Waals surface area contributed by atoms with E-state index in [9.17, 15) is 15.0 Å². The minimum atomic E-state index is -0.255. The molecule has 0 amide bonds. The van der Waals surface area contributed by atoms with Crippen LogP contribution in [0.2, 0.25) is 0 Å². The molecule has 0 saturated carbocycles. The summed E-state index contributed by atoms with van der Waals surface area (Å²) >= 11 is 0. The van der Waals surface area contributed by atoms with Crippen molar-refractivity contribution in [2.45, 2.75) is 33.6 Å². The summed E-state index contributed by atoms with van der Waals surface area (Å²) in [5.41, 5.74) is 2.14. The first kappa shape index (κ1) is 20.6. The average Bonchev–Trinajstić information content (AvgIpc) is 2.60. The van der Waals surface area contributed by atoms with E-state index < -0.39 is 0 Å². The van der Waals surface area contributed by atoms with Crippen molar-refractivity contribution in [1.29, 1.82) is 0 Å². The lowest BCUT2D eigenvalue weighted by atomic mass is 9.68. The van der Waals surface area contributed by atoms with Crippen molar-refractivity contribution >= 4 is 11.9 Å². The molecule has 0 aromatic heterocycles. The second-order valence-corrected chi connectivity index (χ2v) is 7.55. The summed E-state index contributed by atoms with van der Waals surface area (Å²) in [6.07, 6.45) is 12.1. The van der Waals surface area contributed by atoms with Gasteiger partial charge >= 0.3 is 0 Å². The van der Waals surface area contributed by atoms with E-state index in [1.807, 2.05) is 6.08 Å². The fraction of sp³-hybridized carbons (Fsp3) is 0.348. The summed E-state index contributed by atoms with van der Waals surface area (Å²) < 4.78 is 5.04. The molecule has 0 saturated heterocycles. The van der Waals surface area contributed by atoms with Gasteiger partial charge in [-0.05, 0) is 55.0 Å². The van der Waals surface area contributed by atoms with Gasteiger partial charge in [0.25, 0.3) is 0 Å². The normalized spacial score (nSPS) is 20.1. The Balaban J connectivity index is 2.06. The Hall–Kier alpha value is -2.75. The second-order valence-electron chi connectivity index (χ2n) is 7.55. The molecule has 0 bridgehead atoms. The minimum absolute atomic E-state index is 0.0460. The monoisotopic (exact) mass is 368 g/mol. The highest BCUT2D eigenvalue weighted by Gasteiger charge is 2.30. The zero-order valence-corrected chi connectivity index (χ0v) is 16.4. The van der Waals surface area contributed by atoms with Crippen molar-refractivity contribution < 1.29 is 19.7 Å². The molecule has 0 fully saturated rings. The Kier molecular flexibility index (Phi) is 6.67. The number of methoxy groups -OCH3 is 1. The SMILES string of the molecule is COc1cc(/C=C/C(O)=C/C(=O)/C=C/C2C(C)=CCCC2(C)C)ccc1O. The Morgan fingerprint density at radius 2 is 2.04 bits per heavy atom. The molecule has 2 N–H and O–H groups in total. The summed E-state index contributed by atoms with van der Waals surface area (Å²) in [5, 5.41) is 19.6. The molecular formula is C23H28O4. The van der Waals surface area contributed by atoms with E-state index in [1.54, 1.807) is 18.2 Å². The van der Waals surface area contributed by atoms with Crippen LogP contribution in [0.1, 0.15) is 39.2 Å². The van der Waals surface area contributed by atoms with E-state index in [2.05, 4.69) is 26.8 Å². The molecule has 1 aromatic carbocycles. The summed E-state index contributed by atoms with van der Waals surface area (Å²) in [6, 6.07) is 4.83. The summed E-state index contributed by atoms with van der Waals surface area (Å²) in [6.45, 7) is 6.53. The quantitative estimate of drug-likeness (QED) is 0.307. The first-order chi connectivity index (χ1) is 12.7. The molecule has 4 heteroatoms. The van der Waals surface area contributed by atoms with Crippen LogP contribution in [0.4, 0.5) is 0 Å². The van der Waals surface area contributed by atoms with E-state index in [1.165, 1.54) is 37.0 Å². The van der Waals surface area contributed by atoms with Gasteiger partial charge in [-0.15, -0.1) is 0 Å². The number of ether oxygens (including phenoxy) is 1. The number of benzene rings is 1. The lowest BCUT2D eigenvalue weighted by molar-refractivity contribution is -0.110. The van der Waals surface area contributed by atoms with Crippen LogP contribution in [0.5, 0.6) is 11.5 Å². The molecule has 1 aromatic rings. The number of aliphatic hydroxyl groups is 1. The zero-order chi connectivity index (χ0) is 20.0. The van der Waals surface area contributed by atoms with Gasteiger partial charge in [0.1, 0.15) is 5.76 Å². The fourth-order valence-electron chi connectivity index (χ4n) is 3.40. The summed E-state index contributed by atoms with van der Waals surface area (Å²) in [7, 11) is 1.47. The van der Waals surface area contributed by atoms with Crippen LogP contribution in [0.3, 0.4) is 0 Å². The Morgan fingerprint density at radius 3 is 2.70 bits per heavy atom. The minimum Gasteiger partial charge on any atom is -0.508 e. The molecule has 2 rings (SSSR count). The van der Waals surface area contributed by atoms with Crippen molar-refractivity contribution in [3.05, 3.63) is 65.5 Å². The molecule has 0 aliphatic heterocycles. The molecule has 4 nitrogen and oxygen atoms in total. The highest BCUT2D eigenvalue weighted by atomic mass is 16.5. The molecule has 1 unspecified atom stereocenters. The number of phenolic OH excluding ortho intramolecular Hbond substituents is 1. The van der Waals surface area contributed by atoms with Crippen LogP contribution in [0.15, 0.2) is 59.9 Å². The maximum Gasteiger partial charge on any atom is 0.182 e. The maximum absolute atomic E-state index is 12.1. The smallest absolute Gasteiger partial charge is 0.182 e. The molecule has 1 aliphatic carbocycles. The van der Waals surface area contributed by atoms with Crippen LogP contribution in [0.25, 0.3) is 6.08 Å². The third kappa shape index (κ3) is 5.61. The van der Waals surface area contributed by atoms with Gasteiger partial charge in [0.2, 0.25) is 0 Å². The van der Waals surface area contributed by atoms with E-state index in [0.717, 1.165) is 18.4 Å². The van der Waals surface area contributed by atoms with E-state index >= 15 is 0 Å². The number of ketones is 1. The van der Waals surface area contributed by atoms with Crippen LogP contribution in [0, 0.1) is 11.3 Å². The van der Waals surface area contributed by atoms with Crippen LogP contribution < -0.4 is 4.74 Å². The Morgan fingerprint density at radius 1 is 1.30 bits per heavy atom. The van der Waals surface area contributed by atoms with Crippen LogP contribution in [-0.4, -0.2) is 23.1 Å². The number of aromatic hydroxyl groups is 1. The number of carbonyl (C=O) groups is 1. The number of aliphatic hydroxyl groups excluding tert-OH is 1. The van der Waals surface area contributed by atoms with Gasteiger partial charge in [-0.25, -0.2) is 0 Å². The predicted molar refractivity (Wildman–Crippen MR) is 109 cm³/mol. The number of hydrogen-bond acceptors (Lipinski definition) is 4. The molecule has 144 valence electrons. The van der Waals surface area contributed by atoms with Crippen molar-refractivity contribution in [2.75, 3.05) is 7.11 Å². The number of carbonyl (C=O) groups excluding carboxylic acids is 1. The van der Waals surface area contributed by atoms with E-state index in [4.69, 9.17) is 4.74 Å². The van der Waals surface area contributed by atoms with Gasteiger partial charge < -0.3 is 14.9 Å². The molecular weight excluding hydrogens is 340 g/mol. The van der Waals surface area contributed by atoms with Crippen LogP contribution in [-0.2, 0) is 4.79 Å². The Bertz CT molecular complexity index is 810. The highest BCUT2D eigenvalue weighted by molar-refractivity contribution is 5.99. The van der Waals surface area contributed by atoms with Gasteiger partial charge in [0, 0.05) is 12.0 Å². The van der Waals surface area contributed by atoms with Gasteiger partial charge in [-0.3, -0.25) is 4.79 Å². The molecule has 0 heterocycles. The third-order valence-electron chi connectivity index (χ3n) is 4.98. The van der Waals surface area contributed by atoms with Gasteiger partial charge in [-0.2, -0.15) is 0 Å². The van der Waals surface area contributed by atoms with Gasteiger partial charge in [0.05, 0.1) is 7.11 Å². The van der Waals surface area contributed by atoms with Gasteiger partial charge in [0.15, 0.2) is 17.3 Å². The van der Waals surface area contributed by atoms with Gasteiger partial charge in [-0.1, -0.05) is 43.7 Å². The van der Waals surface area contributed by atoms with Crippen molar-refractivity contribution in [2.24, 2.45) is 11.3 Å². The van der Waals surface area contributed by atoms with Crippen molar-refractivity contribution in [3.63, 3.8) is 0 Å². The fourth-order valence-corrected chi connectivity index (χ4v) is 3.40. The first-order valence-electron chi connectivity index (χ1n) is 9.07. The third-order valence-corrected chi connectivity index (χ3v) is 4.98. The number of phenols is 1. The summed E-state index contributed by atoms with van der Waals surface area (Å²) in [4.78, 5) is 12.1. The largest absolute Gasteiger partial charge is 0.508 e. The second kappa shape index (κ2) is 8.76. The van der Waals surface area contributed by atoms with Crippen molar-refractivity contribution in [1.82, 2.24) is 0 Å². The van der Waals surface area contributed by atoms with Crippen molar-refractivity contribution in [3.8, 4) is 11.5 Å². The molecule has 0 radical (unpaired) electrons. The summed E-state index contributed by atoms with van der Waals surface area (Å²) in [5.74, 6) is 0.232. The topological polar surface area (TPSA) is 66.8 Å². The first-order valence-corrected chi connectivity index (χ1v) is 9.07. The lowest BCUT2D eigenvalue weighted by Gasteiger charge is -2.36. The molecule has 27 heavy (non-hydrogen) atoms. The van der Waals surface area contributed by atoms with Crippen LogP contribution >= 0.6 is 0 Å². The molecule has 1 atom stereocenters. The zero-order valence-electron chi connectivity index (χ0n) is 16.4. The lowest BCUT2D eigenvalue weighted by Crippen LogP contribution is -2.26. The molecule has 1 aliphatic rings.